The van der Waals surface area contributed by atoms with Gasteiger partial charge in [0, 0.05) is 4.90 Å². The zero-order chi connectivity index (χ0) is 12.3. The van der Waals surface area contributed by atoms with E-state index in [2.05, 4.69) is 56.0 Å². The average molecular weight is 264 g/mol. The molecule has 0 fully saturated rings. The number of allylic oxidation sites excluding steroid dienone is 1. The monoisotopic (exact) mass is 264 g/mol. The molecule has 0 radical (unpaired) electrons. The Morgan fingerprint density at radius 3 is 2.53 bits per heavy atom. The van der Waals surface area contributed by atoms with Crippen LogP contribution in [0.2, 0.25) is 19.6 Å². The molecule has 0 saturated heterocycles. The summed E-state index contributed by atoms with van der Waals surface area (Å²) in [4.78, 5) is 1.34. The number of rotatable bonds is 4. The van der Waals surface area contributed by atoms with Gasteiger partial charge < -0.3 is 4.43 Å². The lowest BCUT2D eigenvalue weighted by atomic mass is 10.3. The van der Waals surface area contributed by atoms with Crippen molar-refractivity contribution in [3.63, 3.8) is 0 Å². The summed E-state index contributed by atoms with van der Waals surface area (Å²) < 4.78 is 6.16. The largest absolute Gasteiger partial charge is 0.547 e. The number of benzene rings is 1. The standard InChI is InChI=1S/C14H20OSSi/c1-17(2,3)15-13-10-7-11-14(13)16-12-8-5-4-6-9-12/h4-6,8-10,14H,7,11H2,1-3H3. The maximum absolute atomic E-state index is 6.16. The van der Waals surface area contributed by atoms with Crippen LogP contribution in [0.1, 0.15) is 12.8 Å². The fourth-order valence-electron chi connectivity index (χ4n) is 1.89. The lowest BCUT2D eigenvalue weighted by Crippen LogP contribution is -2.26. The first-order valence-electron chi connectivity index (χ1n) is 6.15. The minimum Gasteiger partial charge on any atom is -0.547 e. The van der Waals surface area contributed by atoms with Crippen molar-refractivity contribution in [2.45, 2.75) is 42.6 Å². The highest BCUT2D eigenvalue weighted by Gasteiger charge is 2.26. The molecule has 17 heavy (non-hydrogen) atoms. The molecule has 1 nitrogen and oxygen atoms in total. The quantitative estimate of drug-likeness (QED) is 0.730. The summed E-state index contributed by atoms with van der Waals surface area (Å²) in [6.45, 7) is 6.74. The zero-order valence-corrected chi connectivity index (χ0v) is 12.6. The van der Waals surface area contributed by atoms with Gasteiger partial charge in [0.15, 0.2) is 0 Å². The zero-order valence-electron chi connectivity index (χ0n) is 10.8. The highest BCUT2D eigenvalue weighted by atomic mass is 32.2. The summed E-state index contributed by atoms with van der Waals surface area (Å²) in [6.07, 6.45) is 4.64. The Kier molecular flexibility index (Phi) is 3.99. The van der Waals surface area contributed by atoms with Crippen molar-refractivity contribution in [1.29, 1.82) is 0 Å². The predicted octanol–water partition coefficient (Wildman–Crippen LogP) is 4.68. The Bertz CT molecular complexity index is 394. The molecule has 0 saturated carbocycles. The van der Waals surface area contributed by atoms with Gasteiger partial charge in [0.25, 0.3) is 0 Å². The normalized spacial score (nSPS) is 20.2. The Balaban J connectivity index is 2.00. The van der Waals surface area contributed by atoms with Gasteiger partial charge >= 0.3 is 0 Å². The lowest BCUT2D eigenvalue weighted by Gasteiger charge is -2.24. The fraction of sp³-hybridized carbons (Fsp3) is 0.429. The van der Waals surface area contributed by atoms with Crippen LogP contribution in [-0.4, -0.2) is 13.6 Å². The first-order valence-corrected chi connectivity index (χ1v) is 10.4. The molecule has 0 spiro atoms. The molecule has 0 heterocycles. The minimum absolute atomic E-state index is 0.518. The molecule has 1 atom stereocenters. The molecule has 92 valence electrons. The van der Waals surface area contributed by atoms with Crippen molar-refractivity contribution in [2.75, 3.05) is 0 Å². The van der Waals surface area contributed by atoms with E-state index in [1.54, 1.807) is 0 Å². The summed E-state index contributed by atoms with van der Waals surface area (Å²) in [5.74, 6) is 1.22. The van der Waals surface area contributed by atoms with Crippen molar-refractivity contribution in [2.24, 2.45) is 0 Å². The molecule has 0 bridgehead atoms. The molecular formula is C14H20OSSi. The summed E-state index contributed by atoms with van der Waals surface area (Å²) in [5, 5.41) is 0.518. The van der Waals surface area contributed by atoms with E-state index in [0.29, 0.717) is 5.25 Å². The van der Waals surface area contributed by atoms with Gasteiger partial charge in [-0.25, -0.2) is 0 Å². The Morgan fingerprint density at radius 1 is 1.18 bits per heavy atom. The van der Waals surface area contributed by atoms with Crippen molar-refractivity contribution in [1.82, 2.24) is 0 Å². The summed E-state index contributed by atoms with van der Waals surface area (Å²) in [5.41, 5.74) is 0. The highest BCUT2D eigenvalue weighted by molar-refractivity contribution is 8.00. The molecule has 1 aliphatic carbocycles. The van der Waals surface area contributed by atoms with Gasteiger partial charge in [-0.05, 0) is 50.7 Å². The third-order valence-electron chi connectivity index (χ3n) is 2.54. The van der Waals surface area contributed by atoms with Crippen LogP contribution in [0.25, 0.3) is 0 Å². The smallest absolute Gasteiger partial charge is 0.241 e. The molecule has 0 aromatic heterocycles. The topological polar surface area (TPSA) is 9.23 Å². The van der Waals surface area contributed by atoms with E-state index in [0.717, 1.165) is 6.42 Å². The van der Waals surface area contributed by atoms with Crippen molar-refractivity contribution < 1.29 is 4.43 Å². The van der Waals surface area contributed by atoms with Gasteiger partial charge in [0.05, 0.1) is 11.0 Å². The molecule has 1 aliphatic rings. The molecule has 0 aliphatic heterocycles. The maximum Gasteiger partial charge on any atom is 0.241 e. The van der Waals surface area contributed by atoms with Gasteiger partial charge in [0.1, 0.15) is 0 Å². The number of thioether (sulfide) groups is 1. The Hall–Kier alpha value is -0.673. The van der Waals surface area contributed by atoms with Crippen molar-refractivity contribution >= 4 is 20.1 Å². The van der Waals surface area contributed by atoms with E-state index in [4.69, 9.17) is 4.43 Å². The predicted molar refractivity (Wildman–Crippen MR) is 77.8 cm³/mol. The second kappa shape index (κ2) is 5.32. The average Bonchev–Trinajstić information content (AvgIpc) is 2.65. The second-order valence-electron chi connectivity index (χ2n) is 5.32. The SMILES string of the molecule is C[Si](C)(C)OC1=CCCC1Sc1ccccc1. The Morgan fingerprint density at radius 2 is 1.88 bits per heavy atom. The van der Waals surface area contributed by atoms with Crippen molar-refractivity contribution in [3.05, 3.63) is 42.2 Å². The maximum atomic E-state index is 6.16. The van der Waals surface area contributed by atoms with Crippen molar-refractivity contribution in [3.8, 4) is 0 Å². The molecular weight excluding hydrogens is 244 g/mol. The van der Waals surface area contributed by atoms with Crippen LogP contribution in [0.15, 0.2) is 47.1 Å². The van der Waals surface area contributed by atoms with Crippen LogP contribution in [0.5, 0.6) is 0 Å². The van der Waals surface area contributed by atoms with E-state index in [9.17, 15) is 0 Å². The fourth-order valence-corrected chi connectivity index (χ4v) is 4.07. The third kappa shape index (κ3) is 3.93. The number of hydrogen-bond acceptors (Lipinski definition) is 2. The van der Waals surface area contributed by atoms with E-state index < -0.39 is 8.32 Å². The van der Waals surface area contributed by atoms with Gasteiger partial charge in [-0.15, -0.1) is 11.8 Å². The van der Waals surface area contributed by atoms with Crippen LogP contribution in [0.4, 0.5) is 0 Å². The molecule has 1 aromatic rings. The first kappa shape index (κ1) is 12.8. The molecule has 0 amide bonds. The molecule has 2 rings (SSSR count). The van der Waals surface area contributed by atoms with Crippen LogP contribution in [0.3, 0.4) is 0 Å². The van der Waals surface area contributed by atoms with Gasteiger partial charge in [-0.3, -0.25) is 0 Å². The molecule has 1 unspecified atom stereocenters. The molecule has 1 aromatic carbocycles. The summed E-state index contributed by atoms with van der Waals surface area (Å²) in [6, 6.07) is 10.6. The molecule has 3 heteroatoms. The van der Waals surface area contributed by atoms with Gasteiger partial charge in [-0.1, -0.05) is 18.2 Å². The minimum atomic E-state index is -1.46. The van der Waals surface area contributed by atoms with E-state index in [-0.39, 0.29) is 0 Å². The second-order valence-corrected chi connectivity index (χ2v) is 11.0. The van der Waals surface area contributed by atoms with Crippen LogP contribution in [-0.2, 0) is 4.43 Å². The van der Waals surface area contributed by atoms with Gasteiger partial charge in [0.2, 0.25) is 8.32 Å². The van der Waals surface area contributed by atoms with Crippen LogP contribution >= 0.6 is 11.8 Å². The third-order valence-corrected chi connectivity index (χ3v) is 4.68. The summed E-state index contributed by atoms with van der Waals surface area (Å²) in [7, 11) is -1.46. The van der Waals surface area contributed by atoms with E-state index in [1.807, 2.05) is 11.8 Å². The van der Waals surface area contributed by atoms with E-state index in [1.165, 1.54) is 17.1 Å². The Labute approximate surface area is 109 Å². The van der Waals surface area contributed by atoms with Crippen LogP contribution < -0.4 is 0 Å². The summed E-state index contributed by atoms with van der Waals surface area (Å²) >= 11 is 1.93. The first-order chi connectivity index (χ1) is 8.04. The lowest BCUT2D eigenvalue weighted by molar-refractivity contribution is 0.412. The van der Waals surface area contributed by atoms with Gasteiger partial charge in [-0.2, -0.15) is 0 Å². The highest BCUT2D eigenvalue weighted by Crippen LogP contribution is 2.36. The molecule has 0 N–H and O–H groups in total. The number of hydrogen-bond donors (Lipinski definition) is 0. The van der Waals surface area contributed by atoms with Crippen LogP contribution in [0, 0.1) is 0 Å². The van der Waals surface area contributed by atoms with E-state index >= 15 is 0 Å².